The van der Waals surface area contributed by atoms with E-state index in [2.05, 4.69) is 0 Å². The van der Waals surface area contributed by atoms with Gasteiger partial charge in [0, 0.05) is 20.2 Å². The van der Waals surface area contributed by atoms with E-state index in [9.17, 15) is 13.2 Å². The average Bonchev–Trinajstić information content (AvgIpc) is 2.14. The first-order chi connectivity index (χ1) is 6.81. The van der Waals surface area contributed by atoms with E-state index in [1.165, 1.54) is 14.2 Å². The summed E-state index contributed by atoms with van der Waals surface area (Å²) in [4.78, 5) is 10.3. The van der Waals surface area contributed by atoms with Crippen LogP contribution in [0.15, 0.2) is 0 Å². The first kappa shape index (κ1) is 14.3. The molecule has 0 aliphatic heterocycles. The van der Waals surface area contributed by atoms with Crippen LogP contribution in [0, 0.1) is 0 Å². The normalized spacial score (nSPS) is 14.1. The Hall–Kier alpha value is -0.660. The molecule has 0 spiro atoms. The van der Waals surface area contributed by atoms with Gasteiger partial charge in [-0.2, -0.15) is 4.31 Å². The lowest BCUT2D eigenvalue weighted by Crippen LogP contribution is -2.39. The highest BCUT2D eigenvalue weighted by Crippen LogP contribution is 2.06. The summed E-state index contributed by atoms with van der Waals surface area (Å²) in [6.07, 6.45) is -0.383. The van der Waals surface area contributed by atoms with Crippen molar-refractivity contribution >= 4 is 16.0 Å². The Kier molecular flexibility index (Phi) is 5.77. The molecule has 0 rings (SSSR count). The number of hydrogen-bond donors (Lipinski definition) is 1. The third kappa shape index (κ3) is 5.10. The van der Waals surface area contributed by atoms with E-state index < -0.39 is 16.0 Å². The van der Waals surface area contributed by atoms with Crippen molar-refractivity contribution in [3.63, 3.8) is 0 Å². The van der Waals surface area contributed by atoms with Gasteiger partial charge < -0.3 is 9.84 Å². The fourth-order valence-corrected chi connectivity index (χ4v) is 2.31. The molecule has 6 nitrogen and oxygen atoms in total. The van der Waals surface area contributed by atoms with Crippen LogP contribution >= 0.6 is 0 Å². The monoisotopic (exact) mass is 239 g/mol. The number of sulfonamides is 1. The van der Waals surface area contributed by atoms with E-state index in [4.69, 9.17) is 9.84 Å². The third-order valence-corrected chi connectivity index (χ3v) is 4.00. The van der Waals surface area contributed by atoms with Crippen LogP contribution in [0.3, 0.4) is 0 Å². The van der Waals surface area contributed by atoms with E-state index in [0.717, 1.165) is 4.31 Å². The first-order valence-electron chi connectivity index (χ1n) is 4.47. The zero-order chi connectivity index (χ0) is 12.1. The topological polar surface area (TPSA) is 83.9 Å². The largest absolute Gasteiger partial charge is 0.481 e. The van der Waals surface area contributed by atoms with Gasteiger partial charge in [0.2, 0.25) is 10.0 Å². The van der Waals surface area contributed by atoms with Crippen molar-refractivity contribution in [2.45, 2.75) is 19.4 Å². The van der Waals surface area contributed by atoms with Crippen molar-refractivity contribution in [2.24, 2.45) is 0 Å². The minimum absolute atomic E-state index is 0.281. The van der Waals surface area contributed by atoms with E-state index in [-0.39, 0.29) is 24.8 Å². The molecule has 0 saturated heterocycles. The quantitative estimate of drug-likeness (QED) is 0.662. The number of methoxy groups -OCH3 is 1. The highest BCUT2D eigenvalue weighted by Gasteiger charge is 2.23. The zero-order valence-electron chi connectivity index (χ0n) is 9.13. The summed E-state index contributed by atoms with van der Waals surface area (Å²) < 4.78 is 29.1. The number of hydrogen-bond acceptors (Lipinski definition) is 4. The van der Waals surface area contributed by atoms with E-state index in [0.29, 0.717) is 0 Å². The van der Waals surface area contributed by atoms with Gasteiger partial charge in [-0.05, 0) is 6.92 Å². The van der Waals surface area contributed by atoms with Crippen molar-refractivity contribution in [3.8, 4) is 0 Å². The molecule has 0 aromatic carbocycles. The molecule has 7 heteroatoms. The molecule has 1 atom stereocenters. The van der Waals surface area contributed by atoms with Gasteiger partial charge >= 0.3 is 5.97 Å². The van der Waals surface area contributed by atoms with Crippen molar-refractivity contribution < 1.29 is 23.1 Å². The smallest absolute Gasteiger partial charge is 0.304 e. The van der Waals surface area contributed by atoms with Crippen LogP contribution in [-0.2, 0) is 19.6 Å². The second-order valence-electron chi connectivity index (χ2n) is 3.28. The lowest BCUT2D eigenvalue weighted by atomic mass is 10.4. The van der Waals surface area contributed by atoms with Crippen molar-refractivity contribution in [3.05, 3.63) is 0 Å². The van der Waals surface area contributed by atoms with E-state index in [1.54, 1.807) is 6.92 Å². The molecule has 1 unspecified atom stereocenters. The summed E-state index contributed by atoms with van der Waals surface area (Å²) in [5.41, 5.74) is 0. The molecule has 0 aromatic heterocycles. The van der Waals surface area contributed by atoms with Gasteiger partial charge in [-0.1, -0.05) is 0 Å². The second kappa shape index (κ2) is 6.04. The number of ether oxygens (including phenoxy) is 1. The van der Waals surface area contributed by atoms with Crippen molar-refractivity contribution in [1.82, 2.24) is 4.31 Å². The number of aliphatic carboxylic acids is 1. The van der Waals surface area contributed by atoms with Gasteiger partial charge in [0.25, 0.3) is 0 Å². The first-order valence-corrected chi connectivity index (χ1v) is 6.08. The Labute approximate surface area is 89.9 Å². The summed E-state index contributed by atoms with van der Waals surface area (Å²) in [5.74, 6) is -1.50. The Morgan fingerprint density at radius 2 is 2.07 bits per heavy atom. The molecule has 0 bridgehead atoms. The van der Waals surface area contributed by atoms with Crippen LogP contribution in [0.1, 0.15) is 13.3 Å². The number of rotatable bonds is 7. The summed E-state index contributed by atoms with van der Waals surface area (Å²) in [7, 11) is -0.606. The van der Waals surface area contributed by atoms with Gasteiger partial charge in [-0.25, -0.2) is 8.42 Å². The fourth-order valence-electron chi connectivity index (χ4n) is 0.981. The molecule has 0 aliphatic carbocycles. The summed E-state index contributed by atoms with van der Waals surface area (Å²) in [5, 5.41) is 8.39. The van der Waals surface area contributed by atoms with E-state index >= 15 is 0 Å². The Bertz CT molecular complexity index is 300. The fraction of sp³-hybridized carbons (Fsp3) is 0.875. The minimum Gasteiger partial charge on any atom is -0.481 e. The van der Waals surface area contributed by atoms with Crippen LogP contribution in [0.5, 0.6) is 0 Å². The third-order valence-electron chi connectivity index (χ3n) is 2.04. The number of nitrogens with zero attached hydrogens (tertiary/aromatic N) is 1. The van der Waals surface area contributed by atoms with Crippen LogP contribution in [0.2, 0.25) is 0 Å². The lowest BCUT2D eigenvalue weighted by Gasteiger charge is -2.23. The number of likely N-dealkylation sites (N-methyl/N-ethyl adjacent to an activating group) is 1. The Morgan fingerprint density at radius 1 is 1.53 bits per heavy atom. The molecule has 0 heterocycles. The van der Waals surface area contributed by atoms with Crippen molar-refractivity contribution in [1.29, 1.82) is 0 Å². The van der Waals surface area contributed by atoms with Crippen LogP contribution < -0.4 is 0 Å². The molecule has 1 N–H and O–H groups in total. The van der Waals surface area contributed by atoms with Crippen molar-refractivity contribution in [2.75, 3.05) is 26.5 Å². The highest BCUT2D eigenvalue weighted by molar-refractivity contribution is 7.89. The Balaban J connectivity index is 4.38. The maximum atomic E-state index is 11.6. The van der Waals surface area contributed by atoms with Gasteiger partial charge in [-0.3, -0.25) is 4.79 Å². The minimum atomic E-state index is -3.50. The average molecular weight is 239 g/mol. The summed E-state index contributed by atoms with van der Waals surface area (Å²) in [6, 6.07) is -0.297. The maximum Gasteiger partial charge on any atom is 0.304 e. The van der Waals surface area contributed by atoms with Gasteiger partial charge in [0.05, 0.1) is 18.8 Å². The highest BCUT2D eigenvalue weighted by atomic mass is 32.2. The molecular formula is C8H17NO5S. The number of carboxylic acids is 1. The van der Waals surface area contributed by atoms with E-state index in [1.807, 2.05) is 0 Å². The molecule has 0 radical (unpaired) electrons. The summed E-state index contributed by atoms with van der Waals surface area (Å²) in [6.45, 7) is 1.98. The zero-order valence-corrected chi connectivity index (χ0v) is 9.95. The molecule has 90 valence electrons. The SMILES string of the molecule is COCC(C)N(C)S(=O)(=O)CCC(=O)O. The number of carboxylic acid groups (broad SMARTS) is 1. The molecule has 0 saturated carbocycles. The molecule has 0 aliphatic rings. The van der Waals surface area contributed by atoms with Gasteiger partial charge in [-0.15, -0.1) is 0 Å². The summed E-state index contributed by atoms with van der Waals surface area (Å²) >= 11 is 0. The molecule has 0 fully saturated rings. The predicted octanol–water partition coefficient (Wildman–Crippen LogP) is -0.242. The number of carbonyl (C=O) groups is 1. The maximum absolute atomic E-state index is 11.6. The van der Waals surface area contributed by atoms with Gasteiger partial charge in [0.1, 0.15) is 0 Å². The van der Waals surface area contributed by atoms with Crippen LogP contribution in [0.25, 0.3) is 0 Å². The van der Waals surface area contributed by atoms with Crippen LogP contribution in [0.4, 0.5) is 0 Å². The Morgan fingerprint density at radius 3 is 2.47 bits per heavy atom. The molecule has 0 amide bonds. The molecular weight excluding hydrogens is 222 g/mol. The molecule has 0 aromatic rings. The predicted molar refractivity (Wildman–Crippen MR) is 55.1 cm³/mol. The lowest BCUT2D eigenvalue weighted by molar-refractivity contribution is -0.136. The molecule has 15 heavy (non-hydrogen) atoms. The second-order valence-corrected chi connectivity index (χ2v) is 5.43. The van der Waals surface area contributed by atoms with Crippen LogP contribution in [-0.4, -0.2) is 56.4 Å². The standard InChI is InChI=1S/C8H17NO5S/c1-7(6-14-3)9(2)15(12,13)5-4-8(10)11/h7H,4-6H2,1-3H3,(H,10,11). The van der Waals surface area contributed by atoms with Gasteiger partial charge in [0.15, 0.2) is 0 Å².